The van der Waals surface area contributed by atoms with E-state index >= 15 is 0 Å². The lowest BCUT2D eigenvalue weighted by Gasteiger charge is -2.16. The van der Waals surface area contributed by atoms with Crippen molar-refractivity contribution in [1.29, 1.82) is 0 Å². The predicted octanol–water partition coefficient (Wildman–Crippen LogP) is -0.140. The van der Waals surface area contributed by atoms with E-state index in [1.165, 1.54) is 0 Å². The lowest BCUT2D eigenvalue weighted by molar-refractivity contribution is 0.0217. The topological polar surface area (TPSA) is 71.6 Å². The van der Waals surface area contributed by atoms with Crippen LogP contribution in [0.4, 0.5) is 11.5 Å². The van der Waals surface area contributed by atoms with Gasteiger partial charge in [-0.1, -0.05) is 0 Å². The number of aliphatic hydroxyl groups excluding tert-OH is 1. The molecular weight excluding hydrogens is 194 g/mol. The van der Waals surface area contributed by atoms with Crippen molar-refractivity contribution in [2.24, 2.45) is 0 Å². The molecule has 0 spiro atoms. The fraction of sp³-hybridized carbons (Fsp3) is 0.500. The van der Waals surface area contributed by atoms with Gasteiger partial charge in [-0.2, -0.15) is 0 Å². The van der Waals surface area contributed by atoms with Gasteiger partial charge in [0.25, 0.3) is 0 Å². The lowest BCUT2D eigenvalue weighted by atomic mass is 10.3. The standard InChI is InChI=1S/C10H15N3O2/c1-15-9-6-13(5-8(9)14)10-3-2-7(11)4-12-10/h2-4,8-9,14H,5-6,11H2,1H3/t8-,9+/m1/s1. The molecule has 1 aromatic heterocycles. The number of pyridine rings is 1. The zero-order valence-electron chi connectivity index (χ0n) is 8.63. The Bertz CT molecular complexity index is 328. The number of β-amino-alcohol motifs (C(OH)–C–C–N with tert-alkyl or cyclic N) is 1. The second-order valence-electron chi connectivity index (χ2n) is 3.70. The molecule has 0 aliphatic carbocycles. The molecule has 0 amide bonds. The summed E-state index contributed by atoms with van der Waals surface area (Å²) in [6, 6.07) is 3.65. The van der Waals surface area contributed by atoms with Crippen LogP contribution in [0.1, 0.15) is 0 Å². The van der Waals surface area contributed by atoms with Crippen molar-refractivity contribution in [3.8, 4) is 0 Å². The van der Waals surface area contributed by atoms with Crippen molar-refractivity contribution in [3.05, 3.63) is 18.3 Å². The molecule has 0 aromatic carbocycles. The first kappa shape index (κ1) is 10.2. The molecule has 1 aliphatic heterocycles. The van der Waals surface area contributed by atoms with E-state index in [9.17, 15) is 5.11 Å². The highest BCUT2D eigenvalue weighted by molar-refractivity contribution is 5.46. The van der Waals surface area contributed by atoms with Crippen LogP contribution in [-0.2, 0) is 4.74 Å². The van der Waals surface area contributed by atoms with Crippen LogP contribution in [-0.4, -0.2) is 42.5 Å². The smallest absolute Gasteiger partial charge is 0.128 e. The highest BCUT2D eigenvalue weighted by Gasteiger charge is 2.31. The third-order valence-corrected chi connectivity index (χ3v) is 2.63. The number of hydrogen-bond acceptors (Lipinski definition) is 5. The summed E-state index contributed by atoms with van der Waals surface area (Å²) in [7, 11) is 1.60. The average Bonchev–Trinajstić information content (AvgIpc) is 2.61. The van der Waals surface area contributed by atoms with Gasteiger partial charge in [0.05, 0.1) is 18.0 Å². The molecule has 1 aliphatic rings. The van der Waals surface area contributed by atoms with Crippen LogP contribution in [0.3, 0.4) is 0 Å². The van der Waals surface area contributed by atoms with E-state index in [4.69, 9.17) is 10.5 Å². The van der Waals surface area contributed by atoms with E-state index in [1.54, 1.807) is 19.4 Å². The van der Waals surface area contributed by atoms with Gasteiger partial charge in [0, 0.05) is 20.2 Å². The normalized spacial score (nSPS) is 25.9. The second kappa shape index (κ2) is 4.04. The Balaban J connectivity index is 2.10. The fourth-order valence-corrected chi connectivity index (χ4v) is 1.76. The Morgan fingerprint density at radius 2 is 2.33 bits per heavy atom. The third kappa shape index (κ3) is 2.03. The van der Waals surface area contributed by atoms with E-state index in [2.05, 4.69) is 4.98 Å². The minimum atomic E-state index is -0.450. The first-order valence-electron chi connectivity index (χ1n) is 4.88. The average molecular weight is 209 g/mol. The summed E-state index contributed by atoms with van der Waals surface area (Å²) in [4.78, 5) is 6.18. The maximum absolute atomic E-state index is 9.66. The Kier molecular flexibility index (Phi) is 2.75. The van der Waals surface area contributed by atoms with E-state index in [-0.39, 0.29) is 6.10 Å². The molecule has 5 heteroatoms. The molecule has 0 saturated carbocycles. The van der Waals surface area contributed by atoms with Crippen molar-refractivity contribution < 1.29 is 9.84 Å². The Labute approximate surface area is 88.5 Å². The van der Waals surface area contributed by atoms with Crippen LogP contribution >= 0.6 is 0 Å². The van der Waals surface area contributed by atoms with Gasteiger partial charge in [-0.05, 0) is 12.1 Å². The minimum absolute atomic E-state index is 0.135. The summed E-state index contributed by atoms with van der Waals surface area (Å²) in [5.41, 5.74) is 6.19. The number of aromatic nitrogens is 1. The molecule has 5 nitrogen and oxygen atoms in total. The molecule has 1 saturated heterocycles. The molecule has 82 valence electrons. The number of rotatable bonds is 2. The third-order valence-electron chi connectivity index (χ3n) is 2.63. The van der Waals surface area contributed by atoms with E-state index < -0.39 is 6.10 Å². The van der Waals surface area contributed by atoms with Gasteiger partial charge in [-0.25, -0.2) is 4.98 Å². The van der Waals surface area contributed by atoms with Crippen LogP contribution < -0.4 is 10.6 Å². The summed E-state index contributed by atoms with van der Waals surface area (Å²) >= 11 is 0. The summed E-state index contributed by atoms with van der Waals surface area (Å²) in [6.07, 6.45) is 1.03. The second-order valence-corrected chi connectivity index (χ2v) is 3.70. The fourth-order valence-electron chi connectivity index (χ4n) is 1.76. The minimum Gasteiger partial charge on any atom is -0.397 e. The molecule has 1 fully saturated rings. The van der Waals surface area contributed by atoms with Gasteiger partial charge in [-0.3, -0.25) is 0 Å². The summed E-state index contributed by atoms with van der Waals surface area (Å²) in [5, 5.41) is 9.66. The van der Waals surface area contributed by atoms with Gasteiger partial charge in [0.2, 0.25) is 0 Å². The molecule has 2 atom stereocenters. The number of methoxy groups -OCH3 is 1. The number of hydrogen-bond donors (Lipinski definition) is 2. The molecule has 2 heterocycles. The molecule has 0 unspecified atom stereocenters. The van der Waals surface area contributed by atoms with Gasteiger partial charge in [-0.15, -0.1) is 0 Å². The predicted molar refractivity (Wildman–Crippen MR) is 57.7 cm³/mol. The molecular formula is C10H15N3O2. The van der Waals surface area contributed by atoms with Crippen molar-refractivity contribution in [3.63, 3.8) is 0 Å². The van der Waals surface area contributed by atoms with E-state index in [0.717, 1.165) is 5.82 Å². The number of nitrogen functional groups attached to an aromatic ring is 1. The molecule has 15 heavy (non-hydrogen) atoms. The van der Waals surface area contributed by atoms with Crippen LogP contribution in [0, 0.1) is 0 Å². The largest absolute Gasteiger partial charge is 0.397 e. The van der Waals surface area contributed by atoms with Crippen molar-refractivity contribution >= 4 is 11.5 Å². The highest BCUT2D eigenvalue weighted by atomic mass is 16.5. The maximum atomic E-state index is 9.66. The van der Waals surface area contributed by atoms with Gasteiger partial charge in [0.15, 0.2) is 0 Å². The molecule has 1 aromatic rings. The first-order valence-corrected chi connectivity index (χ1v) is 4.88. The SMILES string of the molecule is CO[C@H]1CN(c2ccc(N)cn2)C[C@H]1O. The van der Waals surface area contributed by atoms with Gasteiger partial charge in [0.1, 0.15) is 11.9 Å². The summed E-state index contributed by atoms with van der Waals surface area (Å²) < 4.78 is 5.15. The van der Waals surface area contributed by atoms with Crippen LogP contribution in [0.15, 0.2) is 18.3 Å². The molecule has 0 bridgehead atoms. The summed E-state index contributed by atoms with van der Waals surface area (Å²) in [6.45, 7) is 1.21. The monoisotopic (exact) mass is 209 g/mol. The van der Waals surface area contributed by atoms with Crippen LogP contribution in [0.2, 0.25) is 0 Å². The molecule has 3 N–H and O–H groups in total. The maximum Gasteiger partial charge on any atom is 0.128 e. The van der Waals surface area contributed by atoms with E-state index in [0.29, 0.717) is 18.8 Å². The lowest BCUT2D eigenvalue weighted by Crippen LogP contribution is -2.25. The Morgan fingerprint density at radius 3 is 2.87 bits per heavy atom. The van der Waals surface area contributed by atoms with E-state index in [1.807, 2.05) is 11.0 Å². The first-order chi connectivity index (χ1) is 7.20. The van der Waals surface area contributed by atoms with Crippen molar-refractivity contribution in [2.45, 2.75) is 12.2 Å². The zero-order valence-corrected chi connectivity index (χ0v) is 8.63. The van der Waals surface area contributed by atoms with Crippen LogP contribution in [0.25, 0.3) is 0 Å². The quantitative estimate of drug-likeness (QED) is 0.709. The number of anilines is 2. The zero-order chi connectivity index (χ0) is 10.8. The highest BCUT2D eigenvalue weighted by Crippen LogP contribution is 2.20. The molecule has 2 rings (SSSR count). The number of nitrogens with zero attached hydrogens (tertiary/aromatic N) is 2. The number of aliphatic hydroxyl groups is 1. The number of ether oxygens (including phenoxy) is 1. The van der Waals surface area contributed by atoms with Gasteiger partial charge >= 0.3 is 0 Å². The number of nitrogens with two attached hydrogens (primary N) is 1. The van der Waals surface area contributed by atoms with Crippen molar-refractivity contribution in [2.75, 3.05) is 30.8 Å². The van der Waals surface area contributed by atoms with Gasteiger partial charge < -0.3 is 20.5 Å². The summed E-state index contributed by atoms with van der Waals surface area (Å²) in [5.74, 6) is 0.822. The Morgan fingerprint density at radius 1 is 1.53 bits per heavy atom. The van der Waals surface area contributed by atoms with Crippen molar-refractivity contribution in [1.82, 2.24) is 4.98 Å². The Hall–Kier alpha value is -1.33. The van der Waals surface area contributed by atoms with Crippen LogP contribution in [0.5, 0.6) is 0 Å². The molecule has 0 radical (unpaired) electrons.